The van der Waals surface area contributed by atoms with Gasteiger partial charge in [-0.2, -0.15) is 0 Å². The summed E-state index contributed by atoms with van der Waals surface area (Å²) < 4.78 is 1.61. The highest BCUT2D eigenvalue weighted by Crippen LogP contribution is 2.24. The zero-order valence-corrected chi connectivity index (χ0v) is 8.73. The maximum absolute atomic E-state index is 11.4. The largest absolute Gasteiger partial charge is 0.319 e. The van der Waals surface area contributed by atoms with Gasteiger partial charge in [0.1, 0.15) is 0 Å². The number of hydrogen-bond donors (Lipinski definition) is 0. The van der Waals surface area contributed by atoms with E-state index < -0.39 is 0 Å². The van der Waals surface area contributed by atoms with Gasteiger partial charge in [0, 0.05) is 25.9 Å². The fraction of sp³-hybridized carbons (Fsp3) is 0.545. The number of pyridine rings is 1. The molecular formula is C11H16N2O. The van der Waals surface area contributed by atoms with Gasteiger partial charge in [-0.05, 0) is 37.6 Å². The fourth-order valence-electron chi connectivity index (χ4n) is 2.02. The molecule has 0 bridgehead atoms. The van der Waals surface area contributed by atoms with Crippen molar-refractivity contribution in [3.8, 4) is 0 Å². The summed E-state index contributed by atoms with van der Waals surface area (Å²) in [7, 11) is 3.91. The van der Waals surface area contributed by atoms with Gasteiger partial charge in [0.2, 0.25) is 0 Å². The summed E-state index contributed by atoms with van der Waals surface area (Å²) in [5.41, 5.74) is 1.29. The Morgan fingerprint density at radius 3 is 2.79 bits per heavy atom. The Labute approximate surface area is 84.0 Å². The number of likely N-dealkylation sites (N-methyl/N-ethyl adjacent to an activating group) is 1. The van der Waals surface area contributed by atoms with Crippen LogP contribution in [0, 0.1) is 0 Å². The van der Waals surface area contributed by atoms with Crippen molar-refractivity contribution in [2.75, 3.05) is 20.1 Å². The van der Waals surface area contributed by atoms with E-state index in [0.717, 1.165) is 13.1 Å². The molecule has 1 aliphatic heterocycles. The van der Waals surface area contributed by atoms with Crippen molar-refractivity contribution in [3.05, 3.63) is 34.2 Å². The molecule has 2 rings (SSSR count). The molecule has 0 saturated carbocycles. The van der Waals surface area contributed by atoms with Gasteiger partial charge in [-0.15, -0.1) is 0 Å². The molecule has 14 heavy (non-hydrogen) atoms. The molecule has 0 amide bonds. The van der Waals surface area contributed by atoms with Gasteiger partial charge in [-0.1, -0.05) is 0 Å². The minimum atomic E-state index is 0.0945. The van der Waals surface area contributed by atoms with Crippen LogP contribution in [0.25, 0.3) is 0 Å². The SMILES string of the molecule is CN1CCC(c2ccn(C)c(=O)c2)C1. The maximum atomic E-state index is 11.4. The molecule has 76 valence electrons. The monoisotopic (exact) mass is 192 g/mol. The number of likely N-dealkylation sites (tertiary alicyclic amines) is 1. The predicted octanol–water partition coefficient (Wildman–Crippen LogP) is 0.804. The van der Waals surface area contributed by atoms with Crippen LogP contribution >= 0.6 is 0 Å². The molecule has 0 spiro atoms. The van der Waals surface area contributed by atoms with E-state index in [1.165, 1.54) is 12.0 Å². The molecule has 3 nitrogen and oxygen atoms in total. The van der Waals surface area contributed by atoms with Crippen LogP contribution < -0.4 is 5.56 Å². The molecule has 1 fully saturated rings. The number of aryl methyl sites for hydroxylation is 1. The van der Waals surface area contributed by atoms with Gasteiger partial charge in [-0.25, -0.2) is 0 Å². The summed E-state index contributed by atoms with van der Waals surface area (Å²) in [4.78, 5) is 13.7. The third kappa shape index (κ3) is 1.73. The van der Waals surface area contributed by atoms with E-state index in [4.69, 9.17) is 0 Å². The molecular weight excluding hydrogens is 176 g/mol. The van der Waals surface area contributed by atoms with Crippen LogP contribution in [0.4, 0.5) is 0 Å². The Morgan fingerprint density at radius 1 is 1.43 bits per heavy atom. The molecule has 0 aromatic carbocycles. The Kier molecular flexibility index (Phi) is 2.42. The quantitative estimate of drug-likeness (QED) is 0.657. The van der Waals surface area contributed by atoms with Gasteiger partial charge in [0.05, 0.1) is 0 Å². The van der Waals surface area contributed by atoms with Crippen molar-refractivity contribution in [2.24, 2.45) is 7.05 Å². The molecule has 1 atom stereocenters. The molecule has 1 aromatic rings. The summed E-state index contributed by atoms with van der Waals surface area (Å²) in [6.07, 6.45) is 3.03. The summed E-state index contributed by atoms with van der Waals surface area (Å²) in [6.45, 7) is 2.22. The van der Waals surface area contributed by atoms with E-state index in [1.807, 2.05) is 6.20 Å². The van der Waals surface area contributed by atoms with Crippen LogP contribution in [0.1, 0.15) is 17.9 Å². The molecule has 1 aliphatic rings. The van der Waals surface area contributed by atoms with Crippen molar-refractivity contribution >= 4 is 0 Å². The van der Waals surface area contributed by atoms with Gasteiger partial charge in [-0.3, -0.25) is 4.79 Å². The predicted molar refractivity (Wildman–Crippen MR) is 56.5 cm³/mol. The molecule has 1 saturated heterocycles. The van der Waals surface area contributed by atoms with Gasteiger partial charge in [0.25, 0.3) is 5.56 Å². The molecule has 0 radical (unpaired) electrons. The Balaban J connectivity index is 2.25. The first-order valence-corrected chi connectivity index (χ1v) is 5.02. The van der Waals surface area contributed by atoms with E-state index in [1.54, 1.807) is 17.7 Å². The zero-order chi connectivity index (χ0) is 10.1. The zero-order valence-electron chi connectivity index (χ0n) is 8.73. The van der Waals surface area contributed by atoms with Crippen molar-refractivity contribution in [2.45, 2.75) is 12.3 Å². The molecule has 1 unspecified atom stereocenters. The number of hydrogen-bond acceptors (Lipinski definition) is 2. The average Bonchev–Trinajstić information content (AvgIpc) is 2.57. The van der Waals surface area contributed by atoms with Crippen LogP contribution in [-0.4, -0.2) is 29.6 Å². The second-order valence-corrected chi connectivity index (χ2v) is 4.16. The normalized spacial score (nSPS) is 22.9. The molecule has 2 heterocycles. The van der Waals surface area contributed by atoms with Crippen LogP contribution in [0.15, 0.2) is 23.1 Å². The number of rotatable bonds is 1. The molecule has 1 aromatic heterocycles. The van der Waals surface area contributed by atoms with E-state index >= 15 is 0 Å². The molecule has 0 aliphatic carbocycles. The first-order valence-electron chi connectivity index (χ1n) is 5.02. The second-order valence-electron chi connectivity index (χ2n) is 4.16. The van der Waals surface area contributed by atoms with E-state index in [-0.39, 0.29) is 5.56 Å². The van der Waals surface area contributed by atoms with E-state index in [9.17, 15) is 4.79 Å². The summed E-state index contributed by atoms with van der Waals surface area (Å²) in [5, 5.41) is 0. The minimum absolute atomic E-state index is 0.0945. The maximum Gasteiger partial charge on any atom is 0.250 e. The summed E-state index contributed by atoms with van der Waals surface area (Å²) >= 11 is 0. The third-order valence-electron chi connectivity index (χ3n) is 2.99. The topological polar surface area (TPSA) is 25.2 Å². The molecule has 3 heteroatoms. The fourth-order valence-corrected chi connectivity index (χ4v) is 2.02. The highest BCUT2D eigenvalue weighted by molar-refractivity contribution is 5.18. The second kappa shape index (κ2) is 3.58. The van der Waals surface area contributed by atoms with Gasteiger partial charge < -0.3 is 9.47 Å². The van der Waals surface area contributed by atoms with Crippen molar-refractivity contribution in [1.82, 2.24) is 9.47 Å². The van der Waals surface area contributed by atoms with Gasteiger partial charge in [0.15, 0.2) is 0 Å². The smallest absolute Gasteiger partial charge is 0.250 e. The minimum Gasteiger partial charge on any atom is -0.319 e. The Hall–Kier alpha value is -1.09. The van der Waals surface area contributed by atoms with Crippen molar-refractivity contribution < 1.29 is 0 Å². The van der Waals surface area contributed by atoms with Crippen LogP contribution in [0.3, 0.4) is 0 Å². The first kappa shape index (κ1) is 9.46. The third-order valence-corrected chi connectivity index (χ3v) is 2.99. The van der Waals surface area contributed by atoms with Gasteiger partial charge >= 0.3 is 0 Å². The lowest BCUT2D eigenvalue weighted by Crippen LogP contribution is -2.17. The number of nitrogens with zero attached hydrogens (tertiary/aromatic N) is 2. The Morgan fingerprint density at radius 2 is 2.21 bits per heavy atom. The molecule has 0 N–H and O–H groups in total. The lowest BCUT2D eigenvalue weighted by molar-refractivity contribution is 0.411. The summed E-state index contributed by atoms with van der Waals surface area (Å²) in [5.74, 6) is 0.550. The van der Waals surface area contributed by atoms with E-state index in [2.05, 4.69) is 18.0 Å². The Bertz CT molecular complexity index is 383. The highest BCUT2D eigenvalue weighted by atomic mass is 16.1. The standard InChI is InChI=1S/C11H16N2O/c1-12-5-3-10(8-12)9-4-6-13(2)11(14)7-9/h4,6-7,10H,3,5,8H2,1-2H3. The summed E-state index contributed by atoms with van der Waals surface area (Å²) in [6, 6.07) is 3.83. The van der Waals surface area contributed by atoms with E-state index in [0.29, 0.717) is 5.92 Å². The van der Waals surface area contributed by atoms with Crippen molar-refractivity contribution in [1.29, 1.82) is 0 Å². The van der Waals surface area contributed by atoms with Crippen LogP contribution in [0.5, 0.6) is 0 Å². The highest BCUT2D eigenvalue weighted by Gasteiger charge is 2.21. The average molecular weight is 192 g/mol. The van der Waals surface area contributed by atoms with Crippen molar-refractivity contribution in [3.63, 3.8) is 0 Å². The lowest BCUT2D eigenvalue weighted by Gasteiger charge is -2.10. The van der Waals surface area contributed by atoms with Crippen LogP contribution in [0.2, 0.25) is 0 Å². The van der Waals surface area contributed by atoms with Crippen LogP contribution in [-0.2, 0) is 7.05 Å². The number of aromatic nitrogens is 1. The lowest BCUT2D eigenvalue weighted by atomic mass is 10.00. The first-order chi connectivity index (χ1) is 6.66.